The molecule has 0 aliphatic rings. The Morgan fingerprint density at radius 2 is 2.00 bits per heavy atom. The number of methoxy groups -OCH3 is 2. The Labute approximate surface area is 121 Å². The van der Waals surface area contributed by atoms with Gasteiger partial charge in [0, 0.05) is 12.1 Å². The molecule has 0 saturated heterocycles. The number of aryl methyl sites for hydroxylation is 1. The molecule has 1 rings (SSSR count). The van der Waals surface area contributed by atoms with Crippen LogP contribution < -0.4 is 10.1 Å². The third-order valence-electron chi connectivity index (χ3n) is 3.17. The van der Waals surface area contributed by atoms with Crippen LogP contribution in [0.1, 0.15) is 31.4 Å². The molecular formula is C16H25NO3. The van der Waals surface area contributed by atoms with Crippen LogP contribution >= 0.6 is 0 Å². The third kappa shape index (κ3) is 4.85. The highest BCUT2D eigenvalue weighted by Crippen LogP contribution is 2.20. The van der Waals surface area contributed by atoms with E-state index in [0.717, 1.165) is 17.7 Å². The van der Waals surface area contributed by atoms with Crippen LogP contribution in [-0.2, 0) is 16.1 Å². The zero-order chi connectivity index (χ0) is 15.1. The number of carbonyl (C=O) groups excluding carboxylic acids is 1. The average molecular weight is 279 g/mol. The fraction of sp³-hybridized carbons (Fsp3) is 0.562. The fourth-order valence-electron chi connectivity index (χ4n) is 2.16. The number of ether oxygens (including phenoxy) is 2. The zero-order valence-corrected chi connectivity index (χ0v) is 13.0. The van der Waals surface area contributed by atoms with Crippen LogP contribution in [0.25, 0.3) is 0 Å². The minimum absolute atomic E-state index is 0.217. The molecule has 0 heterocycles. The predicted octanol–water partition coefficient (Wildman–Crippen LogP) is 2.68. The van der Waals surface area contributed by atoms with Crippen LogP contribution in [0.4, 0.5) is 0 Å². The molecule has 0 fully saturated rings. The van der Waals surface area contributed by atoms with Gasteiger partial charge in [-0.15, -0.1) is 0 Å². The Kier molecular flexibility index (Phi) is 6.52. The van der Waals surface area contributed by atoms with Gasteiger partial charge < -0.3 is 14.8 Å². The largest absolute Gasteiger partial charge is 0.496 e. The van der Waals surface area contributed by atoms with Crippen molar-refractivity contribution in [1.82, 2.24) is 5.32 Å². The molecule has 1 aromatic rings. The molecule has 0 aromatic heterocycles. The van der Waals surface area contributed by atoms with Crippen LogP contribution in [0, 0.1) is 12.8 Å². The number of benzene rings is 1. The van der Waals surface area contributed by atoms with E-state index in [4.69, 9.17) is 9.47 Å². The van der Waals surface area contributed by atoms with Gasteiger partial charge in [-0.25, -0.2) is 0 Å². The maximum atomic E-state index is 11.8. The van der Waals surface area contributed by atoms with E-state index in [1.54, 1.807) is 7.11 Å². The first-order chi connectivity index (χ1) is 9.47. The summed E-state index contributed by atoms with van der Waals surface area (Å²) in [7, 11) is 3.07. The van der Waals surface area contributed by atoms with Crippen molar-refractivity contribution < 1.29 is 14.3 Å². The summed E-state index contributed by atoms with van der Waals surface area (Å²) in [5, 5.41) is 3.27. The predicted molar refractivity (Wildman–Crippen MR) is 79.8 cm³/mol. The van der Waals surface area contributed by atoms with E-state index < -0.39 is 0 Å². The number of carbonyl (C=O) groups is 1. The zero-order valence-electron chi connectivity index (χ0n) is 13.0. The molecule has 0 amide bonds. The molecule has 1 unspecified atom stereocenters. The van der Waals surface area contributed by atoms with Crippen molar-refractivity contribution in [2.75, 3.05) is 14.2 Å². The Bertz CT molecular complexity index is 443. The summed E-state index contributed by atoms with van der Waals surface area (Å²) >= 11 is 0. The maximum absolute atomic E-state index is 11.8. The van der Waals surface area contributed by atoms with Gasteiger partial charge in [-0.3, -0.25) is 4.79 Å². The molecular weight excluding hydrogens is 254 g/mol. The lowest BCUT2D eigenvalue weighted by molar-refractivity contribution is -0.143. The highest BCUT2D eigenvalue weighted by Gasteiger charge is 2.20. The summed E-state index contributed by atoms with van der Waals surface area (Å²) < 4.78 is 10.2. The summed E-state index contributed by atoms with van der Waals surface area (Å²) in [4.78, 5) is 11.8. The number of hydrogen-bond acceptors (Lipinski definition) is 4. The van der Waals surface area contributed by atoms with Crippen LogP contribution in [0.2, 0.25) is 0 Å². The second-order valence-electron chi connectivity index (χ2n) is 5.40. The SMILES string of the molecule is COC(=O)C(CC(C)C)NCc1cc(C)ccc1OC. The van der Waals surface area contributed by atoms with E-state index in [1.807, 2.05) is 19.1 Å². The van der Waals surface area contributed by atoms with Crippen molar-refractivity contribution in [3.05, 3.63) is 29.3 Å². The third-order valence-corrected chi connectivity index (χ3v) is 3.17. The quantitative estimate of drug-likeness (QED) is 0.780. The lowest BCUT2D eigenvalue weighted by Crippen LogP contribution is -2.38. The van der Waals surface area contributed by atoms with Gasteiger partial charge in [0.1, 0.15) is 11.8 Å². The minimum atomic E-state index is -0.287. The highest BCUT2D eigenvalue weighted by molar-refractivity contribution is 5.75. The highest BCUT2D eigenvalue weighted by atomic mass is 16.5. The Morgan fingerprint density at radius 1 is 1.30 bits per heavy atom. The molecule has 4 heteroatoms. The van der Waals surface area contributed by atoms with Gasteiger partial charge in [0.25, 0.3) is 0 Å². The van der Waals surface area contributed by atoms with Gasteiger partial charge in [0.15, 0.2) is 0 Å². The van der Waals surface area contributed by atoms with Crippen LogP contribution in [0.5, 0.6) is 5.75 Å². The standard InChI is InChI=1S/C16H25NO3/c1-11(2)8-14(16(18)20-5)17-10-13-9-12(3)6-7-15(13)19-4/h6-7,9,11,14,17H,8,10H2,1-5H3. The van der Waals surface area contributed by atoms with E-state index in [1.165, 1.54) is 12.7 Å². The summed E-state index contributed by atoms with van der Waals surface area (Å²) in [5.41, 5.74) is 2.21. The van der Waals surface area contributed by atoms with E-state index in [9.17, 15) is 4.79 Å². The van der Waals surface area contributed by atoms with Gasteiger partial charge in [0.05, 0.1) is 14.2 Å². The van der Waals surface area contributed by atoms with Crippen molar-refractivity contribution in [3.8, 4) is 5.75 Å². The van der Waals surface area contributed by atoms with Gasteiger partial charge >= 0.3 is 5.97 Å². The normalized spacial score (nSPS) is 12.3. The fourth-order valence-corrected chi connectivity index (χ4v) is 2.16. The Balaban J connectivity index is 2.76. The summed E-state index contributed by atoms with van der Waals surface area (Å²) in [6, 6.07) is 5.73. The molecule has 1 N–H and O–H groups in total. The minimum Gasteiger partial charge on any atom is -0.496 e. The Hall–Kier alpha value is -1.55. The van der Waals surface area contributed by atoms with Crippen LogP contribution in [0.3, 0.4) is 0 Å². The summed E-state index contributed by atoms with van der Waals surface area (Å²) in [5.74, 6) is 1.03. The molecule has 1 atom stereocenters. The van der Waals surface area contributed by atoms with Gasteiger partial charge in [-0.05, 0) is 25.3 Å². The first-order valence-electron chi connectivity index (χ1n) is 6.92. The molecule has 0 bridgehead atoms. The van der Waals surface area contributed by atoms with Crippen LogP contribution in [0.15, 0.2) is 18.2 Å². The average Bonchev–Trinajstić information content (AvgIpc) is 2.42. The smallest absolute Gasteiger partial charge is 0.322 e. The molecule has 0 saturated carbocycles. The van der Waals surface area contributed by atoms with Crippen LogP contribution in [-0.4, -0.2) is 26.2 Å². The van der Waals surface area contributed by atoms with E-state index in [-0.39, 0.29) is 12.0 Å². The Morgan fingerprint density at radius 3 is 2.55 bits per heavy atom. The van der Waals surface area contributed by atoms with Gasteiger partial charge in [0.2, 0.25) is 0 Å². The van der Waals surface area contributed by atoms with Gasteiger partial charge in [-0.1, -0.05) is 31.5 Å². The number of nitrogens with one attached hydrogen (secondary N) is 1. The topological polar surface area (TPSA) is 47.6 Å². The molecule has 1 aromatic carbocycles. The first kappa shape index (κ1) is 16.5. The summed E-state index contributed by atoms with van der Waals surface area (Å²) in [6.07, 6.45) is 0.751. The number of hydrogen-bond donors (Lipinski definition) is 1. The van der Waals surface area contributed by atoms with Gasteiger partial charge in [-0.2, -0.15) is 0 Å². The molecule has 20 heavy (non-hydrogen) atoms. The molecule has 0 spiro atoms. The maximum Gasteiger partial charge on any atom is 0.322 e. The van der Waals surface area contributed by atoms with Crippen molar-refractivity contribution in [2.24, 2.45) is 5.92 Å². The van der Waals surface area contributed by atoms with E-state index >= 15 is 0 Å². The molecule has 0 radical (unpaired) electrons. The number of rotatable bonds is 7. The number of esters is 1. The lowest BCUT2D eigenvalue weighted by Gasteiger charge is -2.19. The second-order valence-corrected chi connectivity index (χ2v) is 5.40. The molecule has 0 aliphatic carbocycles. The van der Waals surface area contributed by atoms with E-state index in [2.05, 4.69) is 25.2 Å². The molecule has 112 valence electrons. The monoisotopic (exact) mass is 279 g/mol. The van der Waals surface area contributed by atoms with Crippen molar-refractivity contribution in [3.63, 3.8) is 0 Å². The second kappa shape index (κ2) is 7.90. The van der Waals surface area contributed by atoms with Crippen molar-refractivity contribution in [1.29, 1.82) is 0 Å². The first-order valence-corrected chi connectivity index (χ1v) is 6.92. The van der Waals surface area contributed by atoms with Crippen molar-refractivity contribution >= 4 is 5.97 Å². The summed E-state index contributed by atoms with van der Waals surface area (Å²) in [6.45, 7) is 6.79. The lowest BCUT2D eigenvalue weighted by atomic mass is 10.0. The molecule has 0 aliphatic heterocycles. The van der Waals surface area contributed by atoms with E-state index in [0.29, 0.717) is 12.5 Å². The molecule has 4 nitrogen and oxygen atoms in total. The van der Waals surface area contributed by atoms with Crippen molar-refractivity contribution in [2.45, 2.75) is 39.8 Å².